The van der Waals surface area contributed by atoms with Crippen molar-refractivity contribution in [2.45, 2.75) is 6.92 Å². The van der Waals surface area contributed by atoms with Gasteiger partial charge in [0.05, 0.1) is 5.52 Å². The highest BCUT2D eigenvalue weighted by Crippen LogP contribution is 2.18. The van der Waals surface area contributed by atoms with E-state index >= 15 is 0 Å². The maximum absolute atomic E-state index is 3.69. The summed E-state index contributed by atoms with van der Waals surface area (Å²) in [6.45, 7) is 6.58. The Balaban J connectivity index is 2.49. The molecule has 1 heterocycles. The fraction of sp³-hybridized carbons (Fsp3) is 0.167. The minimum Gasteiger partial charge on any atom is -0.322 e. The number of nitrogens with one attached hydrogen (secondary N) is 1. The van der Waals surface area contributed by atoms with Crippen LogP contribution in [0, 0.1) is 6.92 Å². The van der Waals surface area contributed by atoms with Crippen molar-refractivity contribution in [1.82, 2.24) is 4.68 Å². The van der Waals surface area contributed by atoms with Crippen LogP contribution in [0.2, 0.25) is 0 Å². The molecule has 0 aliphatic rings. The third-order valence-corrected chi connectivity index (χ3v) is 2.32. The van der Waals surface area contributed by atoms with E-state index in [1.165, 1.54) is 16.5 Å². The van der Waals surface area contributed by atoms with Crippen molar-refractivity contribution < 1.29 is 0 Å². The molecule has 2 aromatic rings. The largest absolute Gasteiger partial charge is 0.322 e. The van der Waals surface area contributed by atoms with Gasteiger partial charge in [-0.2, -0.15) is 0 Å². The SMILES string of the molecule is C=CCNn1cc(C)c2ccccc21. The van der Waals surface area contributed by atoms with Crippen LogP contribution in [-0.4, -0.2) is 11.2 Å². The second-order valence-electron chi connectivity index (χ2n) is 3.35. The van der Waals surface area contributed by atoms with E-state index in [-0.39, 0.29) is 0 Å². The molecule has 0 spiro atoms. The number of fused-ring (bicyclic) bond motifs is 1. The van der Waals surface area contributed by atoms with Gasteiger partial charge in [-0.05, 0) is 18.6 Å². The zero-order chi connectivity index (χ0) is 9.97. The molecular formula is C12H14N2. The Kier molecular flexibility index (Phi) is 2.27. The molecule has 0 bridgehead atoms. The maximum atomic E-state index is 3.69. The van der Waals surface area contributed by atoms with E-state index < -0.39 is 0 Å². The van der Waals surface area contributed by atoms with E-state index in [0.29, 0.717) is 0 Å². The quantitative estimate of drug-likeness (QED) is 0.729. The van der Waals surface area contributed by atoms with Crippen molar-refractivity contribution in [2.24, 2.45) is 0 Å². The number of hydrogen-bond donors (Lipinski definition) is 1. The molecule has 1 aromatic carbocycles. The molecule has 2 heteroatoms. The van der Waals surface area contributed by atoms with Gasteiger partial charge in [-0.25, -0.2) is 0 Å². The zero-order valence-electron chi connectivity index (χ0n) is 8.33. The van der Waals surface area contributed by atoms with Gasteiger partial charge in [0.2, 0.25) is 0 Å². The van der Waals surface area contributed by atoms with E-state index in [4.69, 9.17) is 0 Å². The lowest BCUT2D eigenvalue weighted by molar-refractivity contribution is 0.929. The molecular weight excluding hydrogens is 172 g/mol. The van der Waals surface area contributed by atoms with Gasteiger partial charge in [0.25, 0.3) is 0 Å². The monoisotopic (exact) mass is 186 g/mol. The molecule has 1 aromatic heterocycles. The number of nitrogens with zero attached hydrogens (tertiary/aromatic N) is 1. The van der Waals surface area contributed by atoms with E-state index in [1.54, 1.807) is 0 Å². The Bertz CT molecular complexity index is 454. The Morgan fingerprint density at radius 1 is 1.43 bits per heavy atom. The number of para-hydroxylation sites is 1. The summed E-state index contributed by atoms with van der Waals surface area (Å²) < 4.78 is 2.05. The minimum absolute atomic E-state index is 0.776. The summed E-state index contributed by atoms with van der Waals surface area (Å²) in [5, 5.41) is 1.30. The first kappa shape index (κ1) is 8.88. The van der Waals surface area contributed by atoms with Crippen molar-refractivity contribution in [3.63, 3.8) is 0 Å². The Hall–Kier alpha value is -1.70. The molecule has 0 aliphatic carbocycles. The van der Waals surface area contributed by atoms with Crippen LogP contribution >= 0.6 is 0 Å². The highest BCUT2D eigenvalue weighted by atomic mass is 15.4. The Labute approximate surface area is 83.8 Å². The molecule has 14 heavy (non-hydrogen) atoms. The van der Waals surface area contributed by atoms with Crippen LogP contribution in [0.5, 0.6) is 0 Å². The molecule has 1 N–H and O–H groups in total. The van der Waals surface area contributed by atoms with Crippen molar-refractivity contribution >= 4 is 10.9 Å². The first-order valence-corrected chi connectivity index (χ1v) is 4.74. The number of rotatable bonds is 3. The Morgan fingerprint density at radius 3 is 3.00 bits per heavy atom. The van der Waals surface area contributed by atoms with E-state index in [2.05, 4.69) is 43.3 Å². The van der Waals surface area contributed by atoms with E-state index in [1.807, 2.05) is 16.8 Å². The fourth-order valence-corrected chi connectivity index (χ4v) is 1.64. The molecule has 0 atom stereocenters. The second-order valence-corrected chi connectivity index (χ2v) is 3.35. The summed E-state index contributed by atoms with van der Waals surface area (Å²) >= 11 is 0. The summed E-state index contributed by atoms with van der Waals surface area (Å²) in [6.07, 6.45) is 3.96. The molecule has 72 valence electrons. The normalized spacial score (nSPS) is 10.4. The third-order valence-electron chi connectivity index (χ3n) is 2.32. The maximum Gasteiger partial charge on any atom is 0.0695 e. The fourth-order valence-electron chi connectivity index (χ4n) is 1.64. The van der Waals surface area contributed by atoms with Gasteiger partial charge in [-0.1, -0.05) is 24.3 Å². The zero-order valence-corrected chi connectivity index (χ0v) is 8.33. The molecule has 0 aliphatic heterocycles. The molecule has 0 saturated heterocycles. The Morgan fingerprint density at radius 2 is 2.21 bits per heavy atom. The van der Waals surface area contributed by atoms with Gasteiger partial charge in [0, 0.05) is 18.1 Å². The lowest BCUT2D eigenvalue weighted by Gasteiger charge is -2.05. The molecule has 0 saturated carbocycles. The predicted molar refractivity (Wildman–Crippen MR) is 61.1 cm³/mol. The highest BCUT2D eigenvalue weighted by Gasteiger charge is 2.02. The van der Waals surface area contributed by atoms with Crippen LogP contribution in [0.3, 0.4) is 0 Å². The summed E-state index contributed by atoms with van der Waals surface area (Å²) in [5.41, 5.74) is 5.76. The first-order valence-electron chi connectivity index (χ1n) is 4.74. The van der Waals surface area contributed by atoms with Crippen LogP contribution in [0.15, 0.2) is 43.1 Å². The summed E-state index contributed by atoms with van der Waals surface area (Å²) in [5.74, 6) is 0. The lowest BCUT2D eigenvalue weighted by atomic mass is 10.2. The third kappa shape index (κ3) is 1.39. The number of hydrogen-bond acceptors (Lipinski definition) is 1. The second kappa shape index (κ2) is 3.58. The molecule has 0 amide bonds. The van der Waals surface area contributed by atoms with Gasteiger partial charge < -0.3 is 5.43 Å². The van der Waals surface area contributed by atoms with Crippen LogP contribution in [0.1, 0.15) is 5.56 Å². The van der Waals surface area contributed by atoms with Crippen LogP contribution in [0.25, 0.3) is 10.9 Å². The number of benzene rings is 1. The van der Waals surface area contributed by atoms with Gasteiger partial charge in [-0.3, -0.25) is 4.68 Å². The van der Waals surface area contributed by atoms with Crippen molar-refractivity contribution in [2.75, 3.05) is 12.0 Å². The van der Waals surface area contributed by atoms with Crippen LogP contribution in [-0.2, 0) is 0 Å². The van der Waals surface area contributed by atoms with Gasteiger partial charge in [0.1, 0.15) is 0 Å². The van der Waals surface area contributed by atoms with Crippen LogP contribution in [0.4, 0.5) is 0 Å². The average Bonchev–Trinajstić information content (AvgIpc) is 2.54. The highest BCUT2D eigenvalue weighted by molar-refractivity contribution is 5.83. The first-order chi connectivity index (χ1) is 6.83. The molecule has 0 fully saturated rings. The molecule has 2 nitrogen and oxygen atoms in total. The minimum atomic E-state index is 0.776. The van der Waals surface area contributed by atoms with Gasteiger partial charge in [0.15, 0.2) is 0 Å². The van der Waals surface area contributed by atoms with E-state index in [0.717, 1.165) is 6.54 Å². The van der Waals surface area contributed by atoms with Gasteiger partial charge in [-0.15, -0.1) is 6.58 Å². The smallest absolute Gasteiger partial charge is 0.0695 e. The van der Waals surface area contributed by atoms with Crippen LogP contribution < -0.4 is 5.43 Å². The average molecular weight is 186 g/mol. The lowest BCUT2D eigenvalue weighted by Crippen LogP contribution is -2.12. The summed E-state index contributed by atoms with van der Waals surface area (Å²) in [6, 6.07) is 8.36. The van der Waals surface area contributed by atoms with E-state index in [9.17, 15) is 0 Å². The summed E-state index contributed by atoms with van der Waals surface area (Å²) in [7, 11) is 0. The molecule has 0 radical (unpaired) electrons. The van der Waals surface area contributed by atoms with Crippen molar-refractivity contribution in [3.8, 4) is 0 Å². The number of aromatic nitrogens is 1. The predicted octanol–water partition coefficient (Wildman–Crippen LogP) is 2.68. The molecule has 2 rings (SSSR count). The summed E-state index contributed by atoms with van der Waals surface area (Å²) in [4.78, 5) is 0. The van der Waals surface area contributed by atoms with Crippen molar-refractivity contribution in [1.29, 1.82) is 0 Å². The van der Waals surface area contributed by atoms with Crippen molar-refractivity contribution in [3.05, 3.63) is 48.7 Å². The molecule has 0 unspecified atom stereocenters. The number of aryl methyl sites for hydroxylation is 1. The standard InChI is InChI=1S/C12H14N2/c1-3-8-13-14-9-10(2)11-6-4-5-7-12(11)14/h3-7,9,13H,1,8H2,2H3. The topological polar surface area (TPSA) is 17.0 Å². The van der Waals surface area contributed by atoms with Gasteiger partial charge >= 0.3 is 0 Å².